The van der Waals surface area contributed by atoms with Crippen molar-refractivity contribution in [3.8, 4) is 0 Å². The molecule has 1 rings (SSSR count). The molecule has 0 aliphatic carbocycles. The molecule has 1 unspecified atom stereocenters. The van der Waals surface area contributed by atoms with E-state index in [9.17, 15) is 4.79 Å². The van der Waals surface area contributed by atoms with Crippen LogP contribution < -0.4 is 0 Å². The van der Waals surface area contributed by atoms with Crippen LogP contribution >= 0.6 is 0 Å². The fourth-order valence-corrected chi connectivity index (χ4v) is 1.84. The Kier molecular flexibility index (Phi) is 5.05. The van der Waals surface area contributed by atoms with E-state index in [0.29, 0.717) is 12.6 Å². The minimum atomic E-state index is -0.199. The number of rotatable bonds is 5. The molecule has 88 valence electrons. The number of esters is 1. The normalized spacial score (nSPS) is 24.1. The van der Waals surface area contributed by atoms with Crippen molar-refractivity contribution in [3.05, 3.63) is 0 Å². The van der Waals surface area contributed by atoms with Crippen LogP contribution in [0.25, 0.3) is 0 Å². The molecule has 0 bridgehead atoms. The number of likely N-dealkylation sites (tertiary alicyclic amines) is 1. The first-order valence-corrected chi connectivity index (χ1v) is 5.51. The van der Waals surface area contributed by atoms with Gasteiger partial charge in [-0.1, -0.05) is 0 Å². The Morgan fingerprint density at radius 3 is 2.87 bits per heavy atom. The van der Waals surface area contributed by atoms with Crippen LogP contribution in [0.1, 0.15) is 19.8 Å². The van der Waals surface area contributed by atoms with Gasteiger partial charge in [0.25, 0.3) is 0 Å². The standard InChI is InChI=1S/C11H21NO3/c1-9(11(13)14-3)7-15-8-10-5-4-6-12(10)2/h9-10H,4-8H2,1-3H3/t9?,10-/m0/s1. The largest absolute Gasteiger partial charge is 0.469 e. The molecule has 4 nitrogen and oxygen atoms in total. The second-order valence-electron chi connectivity index (χ2n) is 4.24. The van der Waals surface area contributed by atoms with Crippen LogP contribution in [0.2, 0.25) is 0 Å². The summed E-state index contributed by atoms with van der Waals surface area (Å²) < 4.78 is 10.2. The van der Waals surface area contributed by atoms with Crippen molar-refractivity contribution in [3.63, 3.8) is 0 Å². The number of ether oxygens (including phenoxy) is 2. The van der Waals surface area contributed by atoms with Crippen LogP contribution in [-0.2, 0) is 14.3 Å². The van der Waals surface area contributed by atoms with Crippen molar-refractivity contribution >= 4 is 5.97 Å². The summed E-state index contributed by atoms with van der Waals surface area (Å²) in [5.41, 5.74) is 0. The van der Waals surface area contributed by atoms with Crippen molar-refractivity contribution in [1.82, 2.24) is 4.90 Å². The molecular weight excluding hydrogens is 194 g/mol. The van der Waals surface area contributed by atoms with Gasteiger partial charge >= 0.3 is 5.97 Å². The Balaban J connectivity index is 2.13. The molecule has 0 aromatic heterocycles. The maximum Gasteiger partial charge on any atom is 0.310 e. The second-order valence-corrected chi connectivity index (χ2v) is 4.24. The van der Waals surface area contributed by atoms with Gasteiger partial charge in [0.15, 0.2) is 0 Å². The number of carbonyl (C=O) groups excluding carboxylic acids is 1. The summed E-state index contributed by atoms with van der Waals surface area (Å²) >= 11 is 0. The lowest BCUT2D eigenvalue weighted by Crippen LogP contribution is -2.30. The Morgan fingerprint density at radius 2 is 2.33 bits per heavy atom. The van der Waals surface area contributed by atoms with Crippen molar-refractivity contribution in [1.29, 1.82) is 0 Å². The first kappa shape index (κ1) is 12.5. The molecule has 1 heterocycles. The maximum atomic E-state index is 11.1. The van der Waals surface area contributed by atoms with Gasteiger partial charge in [-0.2, -0.15) is 0 Å². The molecule has 15 heavy (non-hydrogen) atoms. The predicted octanol–water partition coefficient (Wildman–Crippen LogP) is 0.906. The van der Waals surface area contributed by atoms with E-state index in [1.54, 1.807) is 0 Å². The van der Waals surface area contributed by atoms with Gasteiger partial charge < -0.3 is 14.4 Å². The number of hydrogen-bond donors (Lipinski definition) is 0. The zero-order valence-electron chi connectivity index (χ0n) is 9.86. The molecular formula is C11H21NO3. The van der Waals surface area contributed by atoms with Gasteiger partial charge in [0.05, 0.1) is 26.2 Å². The molecule has 1 aliphatic heterocycles. The highest BCUT2D eigenvalue weighted by Crippen LogP contribution is 2.15. The van der Waals surface area contributed by atoms with E-state index in [4.69, 9.17) is 4.74 Å². The van der Waals surface area contributed by atoms with E-state index in [2.05, 4.69) is 16.7 Å². The molecule has 0 N–H and O–H groups in total. The molecule has 1 aliphatic rings. The molecule has 2 atom stereocenters. The summed E-state index contributed by atoms with van der Waals surface area (Å²) in [6.07, 6.45) is 2.44. The highest BCUT2D eigenvalue weighted by atomic mass is 16.5. The second kappa shape index (κ2) is 6.08. The zero-order valence-corrected chi connectivity index (χ0v) is 9.86. The first-order chi connectivity index (χ1) is 7.15. The third-order valence-electron chi connectivity index (χ3n) is 2.95. The summed E-state index contributed by atoms with van der Waals surface area (Å²) in [7, 11) is 3.52. The lowest BCUT2D eigenvalue weighted by atomic mass is 10.2. The third kappa shape index (κ3) is 3.80. The molecule has 4 heteroatoms. The van der Waals surface area contributed by atoms with Crippen LogP contribution in [0, 0.1) is 5.92 Å². The molecule has 0 amide bonds. The Bertz CT molecular complexity index is 208. The number of likely N-dealkylation sites (N-methyl/N-ethyl adjacent to an activating group) is 1. The summed E-state index contributed by atoms with van der Waals surface area (Å²) in [4.78, 5) is 13.4. The summed E-state index contributed by atoms with van der Waals surface area (Å²) in [5.74, 6) is -0.364. The third-order valence-corrected chi connectivity index (χ3v) is 2.95. The average molecular weight is 215 g/mol. The predicted molar refractivity (Wildman–Crippen MR) is 57.7 cm³/mol. The van der Waals surface area contributed by atoms with Gasteiger partial charge in [-0.15, -0.1) is 0 Å². The quantitative estimate of drug-likeness (QED) is 0.639. The Morgan fingerprint density at radius 1 is 1.60 bits per heavy atom. The van der Waals surface area contributed by atoms with Gasteiger partial charge in [-0.25, -0.2) is 0 Å². The van der Waals surface area contributed by atoms with Gasteiger partial charge in [-0.05, 0) is 33.4 Å². The number of hydrogen-bond acceptors (Lipinski definition) is 4. The van der Waals surface area contributed by atoms with Crippen LogP contribution in [0.5, 0.6) is 0 Å². The number of methoxy groups -OCH3 is 1. The minimum absolute atomic E-state index is 0.165. The molecule has 1 fully saturated rings. The van der Waals surface area contributed by atoms with Crippen molar-refractivity contribution < 1.29 is 14.3 Å². The Labute approximate surface area is 91.5 Å². The molecule has 0 radical (unpaired) electrons. The maximum absolute atomic E-state index is 11.1. The SMILES string of the molecule is COC(=O)C(C)COC[C@@H]1CCCN1C. The molecule has 0 aromatic rings. The molecule has 0 saturated carbocycles. The summed E-state index contributed by atoms with van der Waals surface area (Å²) in [6.45, 7) is 4.15. The monoisotopic (exact) mass is 215 g/mol. The van der Waals surface area contributed by atoms with Crippen molar-refractivity contribution in [2.45, 2.75) is 25.8 Å². The topological polar surface area (TPSA) is 38.8 Å². The molecule has 0 aromatic carbocycles. The first-order valence-electron chi connectivity index (χ1n) is 5.51. The van der Waals surface area contributed by atoms with E-state index < -0.39 is 0 Å². The fraction of sp³-hybridized carbons (Fsp3) is 0.909. The van der Waals surface area contributed by atoms with Crippen LogP contribution in [-0.4, -0.2) is 50.8 Å². The highest BCUT2D eigenvalue weighted by Gasteiger charge is 2.21. The Hall–Kier alpha value is -0.610. The average Bonchev–Trinajstić information content (AvgIpc) is 2.63. The van der Waals surface area contributed by atoms with Gasteiger partial charge in [0, 0.05) is 6.04 Å². The number of nitrogens with zero attached hydrogens (tertiary/aromatic N) is 1. The van der Waals surface area contributed by atoms with Crippen molar-refractivity contribution in [2.75, 3.05) is 33.9 Å². The van der Waals surface area contributed by atoms with Crippen LogP contribution in [0.4, 0.5) is 0 Å². The smallest absolute Gasteiger partial charge is 0.310 e. The van der Waals surface area contributed by atoms with E-state index >= 15 is 0 Å². The molecule has 0 spiro atoms. The number of carbonyl (C=O) groups is 1. The zero-order chi connectivity index (χ0) is 11.3. The van der Waals surface area contributed by atoms with Gasteiger partial charge in [0.2, 0.25) is 0 Å². The van der Waals surface area contributed by atoms with Gasteiger partial charge in [-0.3, -0.25) is 4.79 Å². The fourth-order valence-electron chi connectivity index (χ4n) is 1.84. The van der Waals surface area contributed by atoms with E-state index in [0.717, 1.165) is 13.2 Å². The minimum Gasteiger partial charge on any atom is -0.469 e. The van der Waals surface area contributed by atoms with E-state index in [1.165, 1.54) is 20.0 Å². The van der Waals surface area contributed by atoms with Gasteiger partial charge in [0.1, 0.15) is 0 Å². The highest BCUT2D eigenvalue weighted by molar-refractivity contribution is 5.71. The lowest BCUT2D eigenvalue weighted by molar-refractivity contribution is -0.147. The van der Waals surface area contributed by atoms with Crippen molar-refractivity contribution in [2.24, 2.45) is 5.92 Å². The summed E-state index contributed by atoms with van der Waals surface area (Å²) in [6, 6.07) is 0.523. The van der Waals surface area contributed by atoms with Crippen LogP contribution in [0.15, 0.2) is 0 Å². The lowest BCUT2D eigenvalue weighted by Gasteiger charge is -2.20. The van der Waals surface area contributed by atoms with Crippen LogP contribution in [0.3, 0.4) is 0 Å². The summed E-state index contributed by atoms with van der Waals surface area (Å²) in [5, 5.41) is 0. The van der Waals surface area contributed by atoms with E-state index in [1.807, 2.05) is 6.92 Å². The molecule has 1 saturated heterocycles. The van der Waals surface area contributed by atoms with E-state index in [-0.39, 0.29) is 11.9 Å².